The van der Waals surface area contributed by atoms with Gasteiger partial charge in [-0.05, 0) is 53.8 Å². The van der Waals surface area contributed by atoms with Gasteiger partial charge in [0.15, 0.2) is 0 Å². The monoisotopic (exact) mass is 433 g/mol. The Morgan fingerprint density at radius 3 is 2.41 bits per heavy atom. The number of benzene rings is 3. The fourth-order valence-corrected chi connectivity index (χ4v) is 4.14. The first kappa shape index (κ1) is 22.2. The second-order valence-electron chi connectivity index (χ2n) is 8.19. The molecule has 0 bridgehead atoms. The van der Waals surface area contributed by atoms with E-state index in [2.05, 4.69) is 23.1 Å². The quantitative estimate of drug-likeness (QED) is 0.555. The van der Waals surface area contributed by atoms with Crippen molar-refractivity contribution in [3.63, 3.8) is 0 Å². The summed E-state index contributed by atoms with van der Waals surface area (Å²) >= 11 is 0. The van der Waals surface area contributed by atoms with Crippen LogP contribution in [0.5, 0.6) is 17.2 Å². The normalized spacial score (nSPS) is 14.7. The summed E-state index contributed by atoms with van der Waals surface area (Å²) in [6.07, 6.45) is 1.04. The molecule has 5 nitrogen and oxygen atoms in total. The highest BCUT2D eigenvalue weighted by atomic mass is 16.5. The molecule has 0 fully saturated rings. The summed E-state index contributed by atoms with van der Waals surface area (Å²) in [5, 5.41) is 10.8. The minimum atomic E-state index is -0.500. The van der Waals surface area contributed by atoms with Crippen molar-refractivity contribution in [1.29, 1.82) is 0 Å². The van der Waals surface area contributed by atoms with Crippen molar-refractivity contribution in [2.75, 3.05) is 27.4 Å². The minimum absolute atomic E-state index is 0.500. The molecule has 1 atom stereocenters. The van der Waals surface area contributed by atoms with Gasteiger partial charge in [0.05, 0.1) is 20.3 Å². The molecular formula is C27H31NO4. The van der Waals surface area contributed by atoms with Gasteiger partial charge in [0.2, 0.25) is 0 Å². The predicted molar refractivity (Wildman–Crippen MR) is 125 cm³/mol. The molecule has 0 spiro atoms. The zero-order chi connectivity index (χ0) is 22.3. The summed E-state index contributed by atoms with van der Waals surface area (Å²) in [4.78, 5) is 2.35. The summed E-state index contributed by atoms with van der Waals surface area (Å²) in [5.41, 5.74) is 4.41. The number of ether oxygens (including phenoxy) is 3. The van der Waals surface area contributed by atoms with E-state index in [0.29, 0.717) is 13.0 Å². The van der Waals surface area contributed by atoms with Crippen LogP contribution in [-0.2, 0) is 19.5 Å². The number of methoxy groups -OCH3 is 2. The van der Waals surface area contributed by atoms with E-state index < -0.39 is 6.10 Å². The highest BCUT2D eigenvalue weighted by molar-refractivity contribution is 5.40. The fourth-order valence-electron chi connectivity index (χ4n) is 4.14. The smallest absolute Gasteiger partial charge is 0.123 e. The van der Waals surface area contributed by atoms with E-state index in [1.165, 1.54) is 5.56 Å². The number of fused-ring (bicyclic) bond motifs is 1. The lowest BCUT2D eigenvalue weighted by Crippen LogP contribution is -2.25. The number of hydrogen-bond donors (Lipinski definition) is 1. The third-order valence-electron chi connectivity index (χ3n) is 5.90. The standard InChI is InChI=1S/C27H31NO4/c1-30-24-14-21(15-25(17-24)31-2)18-28-12-13-32-27-11-9-22(16-23(27)19-28)26(29)10-8-20-6-4-3-5-7-20/h3-7,9,11,14-17,26,29H,8,10,12-13,18-19H2,1-2H3/t26-/m0/s1. The van der Waals surface area contributed by atoms with Crippen LogP contribution >= 0.6 is 0 Å². The van der Waals surface area contributed by atoms with Crippen molar-refractivity contribution < 1.29 is 19.3 Å². The van der Waals surface area contributed by atoms with Crippen LogP contribution in [-0.4, -0.2) is 37.4 Å². The van der Waals surface area contributed by atoms with Crippen LogP contribution in [0.15, 0.2) is 66.7 Å². The maximum atomic E-state index is 10.8. The third-order valence-corrected chi connectivity index (χ3v) is 5.90. The molecule has 3 aromatic carbocycles. The van der Waals surface area contributed by atoms with Crippen LogP contribution in [0, 0.1) is 0 Å². The number of nitrogens with zero attached hydrogens (tertiary/aromatic N) is 1. The van der Waals surface area contributed by atoms with Crippen molar-refractivity contribution in [3.8, 4) is 17.2 Å². The Bertz CT molecular complexity index is 999. The summed E-state index contributed by atoms with van der Waals surface area (Å²) in [5.74, 6) is 2.47. The van der Waals surface area contributed by atoms with Crippen LogP contribution in [0.1, 0.15) is 34.8 Å². The molecule has 1 aliphatic rings. The summed E-state index contributed by atoms with van der Waals surface area (Å²) in [7, 11) is 3.33. The first-order chi connectivity index (χ1) is 15.6. The molecule has 0 aliphatic carbocycles. The molecule has 0 radical (unpaired) electrons. The summed E-state index contributed by atoms with van der Waals surface area (Å²) in [6.45, 7) is 2.97. The molecule has 0 saturated heterocycles. The Morgan fingerprint density at radius 2 is 1.69 bits per heavy atom. The van der Waals surface area contributed by atoms with E-state index in [-0.39, 0.29) is 0 Å². The second kappa shape index (κ2) is 10.5. The number of rotatable bonds is 8. The molecule has 0 saturated carbocycles. The van der Waals surface area contributed by atoms with Crippen LogP contribution < -0.4 is 14.2 Å². The molecule has 1 N–H and O–H groups in total. The van der Waals surface area contributed by atoms with E-state index in [0.717, 1.165) is 60.0 Å². The zero-order valence-corrected chi connectivity index (χ0v) is 18.8. The largest absolute Gasteiger partial charge is 0.497 e. The van der Waals surface area contributed by atoms with Crippen molar-refractivity contribution >= 4 is 0 Å². The van der Waals surface area contributed by atoms with E-state index in [1.54, 1.807) is 14.2 Å². The van der Waals surface area contributed by atoms with Gasteiger partial charge in [-0.3, -0.25) is 4.90 Å². The van der Waals surface area contributed by atoms with E-state index in [1.807, 2.05) is 48.5 Å². The predicted octanol–water partition coefficient (Wildman–Crippen LogP) is 4.76. The number of aryl methyl sites for hydroxylation is 1. The van der Waals surface area contributed by atoms with Gasteiger partial charge < -0.3 is 19.3 Å². The van der Waals surface area contributed by atoms with Gasteiger partial charge in [-0.25, -0.2) is 0 Å². The average Bonchev–Trinajstić information content (AvgIpc) is 3.03. The Labute approximate surface area is 190 Å². The van der Waals surface area contributed by atoms with Crippen LogP contribution in [0.3, 0.4) is 0 Å². The third kappa shape index (κ3) is 5.61. The average molecular weight is 434 g/mol. The minimum Gasteiger partial charge on any atom is -0.497 e. The maximum Gasteiger partial charge on any atom is 0.123 e. The Kier molecular flexibility index (Phi) is 7.30. The van der Waals surface area contributed by atoms with Gasteiger partial charge in [-0.1, -0.05) is 36.4 Å². The Hall–Kier alpha value is -3.02. The molecule has 4 rings (SSSR count). The molecule has 1 aliphatic heterocycles. The van der Waals surface area contributed by atoms with Gasteiger partial charge in [0.1, 0.15) is 23.9 Å². The molecule has 0 amide bonds. The highest BCUT2D eigenvalue weighted by Gasteiger charge is 2.18. The summed E-state index contributed by atoms with van der Waals surface area (Å²) in [6, 6.07) is 22.3. The lowest BCUT2D eigenvalue weighted by Gasteiger charge is -2.21. The molecule has 0 unspecified atom stereocenters. The van der Waals surface area contributed by atoms with Gasteiger partial charge >= 0.3 is 0 Å². The van der Waals surface area contributed by atoms with Crippen LogP contribution in [0.2, 0.25) is 0 Å². The zero-order valence-electron chi connectivity index (χ0n) is 18.8. The number of aliphatic hydroxyl groups is 1. The highest BCUT2D eigenvalue weighted by Crippen LogP contribution is 2.30. The Morgan fingerprint density at radius 1 is 0.938 bits per heavy atom. The SMILES string of the molecule is COc1cc(CN2CCOc3ccc([C@@H](O)CCc4ccccc4)cc3C2)cc(OC)c1. The molecule has 0 aromatic heterocycles. The van der Waals surface area contributed by atoms with Crippen LogP contribution in [0.25, 0.3) is 0 Å². The topological polar surface area (TPSA) is 51.2 Å². The van der Waals surface area contributed by atoms with Crippen LogP contribution in [0.4, 0.5) is 0 Å². The molecular weight excluding hydrogens is 402 g/mol. The Balaban J connectivity index is 1.46. The van der Waals surface area contributed by atoms with Crippen molar-refractivity contribution in [1.82, 2.24) is 4.90 Å². The fraction of sp³-hybridized carbons (Fsp3) is 0.333. The maximum absolute atomic E-state index is 10.8. The lowest BCUT2D eigenvalue weighted by molar-refractivity contribution is 0.167. The summed E-state index contributed by atoms with van der Waals surface area (Å²) < 4.78 is 16.8. The first-order valence-corrected chi connectivity index (χ1v) is 11.1. The van der Waals surface area contributed by atoms with Crippen molar-refractivity contribution in [3.05, 3.63) is 89.0 Å². The molecule has 1 heterocycles. The van der Waals surface area contributed by atoms with Crippen molar-refractivity contribution in [2.24, 2.45) is 0 Å². The number of aliphatic hydroxyl groups excluding tert-OH is 1. The second-order valence-corrected chi connectivity index (χ2v) is 8.19. The molecule has 5 heteroatoms. The molecule has 3 aromatic rings. The van der Waals surface area contributed by atoms with Crippen molar-refractivity contribution in [2.45, 2.75) is 32.0 Å². The molecule has 32 heavy (non-hydrogen) atoms. The van der Waals surface area contributed by atoms with Gasteiger partial charge in [-0.2, -0.15) is 0 Å². The van der Waals surface area contributed by atoms with Gasteiger partial charge in [0, 0.05) is 31.3 Å². The van der Waals surface area contributed by atoms with E-state index >= 15 is 0 Å². The van der Waals surface area contributed by atoms with Gasteiger partial charge in [0.25, 0.3) is 0 Å². The van der Waals surface area contributed by atoms with Gasteiger partial charge in [-0.15, -0.1) is 0 Å². The van der Waals surface area contributed by atoms with E-state index in [9.17, 15) is 5.11 Å². The van der Waals surface area contributed by atoms with E-state index in [4.69, 9.17) is 14.2 Å². The number of hydrogen-bond acceptors (Lipinski definition) is 5. The lowest BCUT2D eigenvalue weighted by atomic mass is 9.99. The first-order valence-electron chi connectivity index (χ1n) is 11.1. The molecule has 168 valence electrons.